The molecular weight excluding hydrogens is 366 g/mol. The lowest BCUT2D eigenvalue weighted by atomic mass is 10.1. The number of thioether (sulfide) groups is 2. The molecule has 0 unspecified atom stereocenters. The van der Waals surface area contributed by atoms with Gasteiger partial charge in [0, 0.05) is 33.2 Å². The zero-order valence-electron chi connectivity index (χ0n) is 12.9. The van der Waals surface area contributed by atoms with Crippen molar-refractivity contribution in [3.05, 3.63) is 48.0 Å². The van der Waals surface area contributed by atoms with Gasteiger partial charge in [0.05, 0.1) is 5.69 Å². The van der Waals surface area contributed by atoms with Gasteiger partial charge in [0.25, 0.3) is 11.7 Å². The second kappa shape index (κ2) is 7.88. The Balaban J connectivity index is 1.72. The zero-order valence-corrected chi connectivity index (χ0v) is 14.6. The molecule has 2 amide bonds. The monoisotopic (exact) mass is 380 g/mol. The SMILES string of the molecule is O=C1CCSc2ccc(C(=O)Nc3ccc(SC(F)F)cc3)cc2N1. The van der Waals surface area contributed by atoms with Crippen molar-refractivity contribution in [2.24, 2.45) is 0 Å². The summed E-state index contributed by atoms with van der Waals surface area (Å²) in [5.74, 6) is -2.18. The van der Waals surface area contributed by atoms with E-state index >= 15 is 0 Å². The Morgan fingerprint density at radius 1 is 1.20 bits per heavy atom. The lowest BCUT2D eigenvalue weighted by Crippen LogP contribution is -2.14. The predicted molar refractivity (Wildman–Crippen MR) is 96.7 cm³/mol. The Morgan fingerprint density at radius 3 is 2.68 bits per heavy atom. The third-order valence-corrected chi connectivity index (χ3v) is 5.24. The van der Waals surface area contributed by atoms with Crippen LogP contribution in [0.3, 0.4) is 0 Å². The Morgan fingerprint density at radius 2 is 1.96 bits per heavy atom. The number of hydrogen-bond donors (Lipinski definition) is 2. The highest BCUT2D eigenvalue weighted by molar-refractivity contribution is 7.99. The topological polar surface area (TPSA) is 58.2 Å². The number of amides is 2. The quantitative estimate of drug-likeness (QED) is 0.756. The number of fused-ring (bicyclic) bond motifs is 1. The van der Waals surface area contributed by atoms with Crippen LogP contribution in [0.4, 0.5) is 20.2 Å². The molecule has 0 saturated heterocycles. The van der Waals surface area contributed by atoms with Crippen molar-refractivity contribution < 1.29 is 18.4 Å². The van der Waals surface area contributed by atoms with E-state index in [4.69, 9.17) is 0 Å². The Hall–Kier alpha value is -2.06. The molecule has 0 radical (unpaired) electrons. The van der Waals surface area contributed by atoms with E-state index in [2.05, 4.69) is 10.6 Å². The number of hydrogen-bond acceptors (Lipinski definition) is 4. The van der Waals surface area contributed by atoms with Crippen molar-refractivity contribution in [3.63, 3.8) is 0 Å². The van der Waals surface area contributed by atoms with Gasteiger partial charge in [-0.1, -0.05) is 11.8 Å². The van der Waals surface area contributed by atoms with Crippen molar-refractivity contribution in [2.45, 2.75) is 22.0 Å². The summed E-state index contributed by atoms with van der Waals surface area (Å²) in [4.78, 5) is 25.4. The molecule has 2 aromatic carbocycles. The molecule has 3 rings (SSSR count). The Labute approximate surface area is 151 Å². The fraction of sp³-hybridized carbons (Fsp3) is 0.176. The standard InChI is InChI=1S/C17H14F2N2O2S2/c18-17(19)25-12-4-2-11(3-5-12)20-16(23)10-1-6-14-13(9-10)21-15(22)7-8-24-14/h1-6,9,17H,7-8H2,(H,20,23)(H,21,22). The second-order valence-corrected chi connectivity index (χ2v) is 7.41. The molecule has 25 heavy (non-hydrogen) atoms. The number of carbonyl (C=O) groups excluding carboxylic acids is 2. The summed E-state index contributed by atoms with van der Waals surface area (Å²) >= 11 is 2.02. The van der Waals surface area contributed by atoms with Crippen LogP contribution >= 0.6 is 23.5 Å². The van der Waals surface area contributed by atoms with Crippen LogP contribution in [0.5, 0.6) is 0 Å². The average Bonchev–Trinajstić information content (AvgIpc) is 2.76. The first-order valence-electron chi connectivity index (χ1n) is 7.44. The predicted octanol–water partition coefficient (Wildman–Crippen LogP) is 4.69. The minimum Gasteiger partial charge on any atom is -0.325 e. The highest BCUT2D eigenvalue weighted by Crippen LogP contribution is 2.32. The fourth-order valence-electron chi connectivity index (χ4n) is 2.28. The maximum absolute atomic E-state index is 12.4. The highest BCUT2D eigenvalue weighted by atomic mass is 32.2. The van der Waals surface area contributed by atoms with Crippen molar-refractivity contribution in [1.82, 2.24) is 0 Å². The molecule has 0 aromatic heterocycles. The summed E-state index contributed by atoms with van der Waals surface area (Å²) in [7, 11) is 0. The molecule has 0 aliphatic carbocycles. The Bertz CT molecular complexity index is 798. The van der Waals surface area contributed by atoms with Gasteiger partial charge in [0.2, 0.25) is 5.91 Å². The van der Waals surface area contributed by atoms with E-state index < -0.39 is 5.76 Å². The van der Waals surface area contributed by atoms with E-state index in [9.17, 15) is 18.4 Å². The molecule has 4 nitrogen and oxygen atoms in total. The first kappa shape index (κ1) is 17.8. The van der Waals surface area contributed by atoms with Crippen LogP contribution in [0, 0.1) is 0 Å². The summed E-state index contributed by atoms with van der Waals surface area (Å²) in [5.41, 5.74) is 1.55. The average molecular weight is 380 g/mol. The normalized spacial score (nSPS) is 13.8. The molecule has 0 fully saturated rings. The van der Waals surface area contributed by atoms with Gasteiger partial charge in [-0.3, -0.25) is 9.59 Å². The van der Waals surface area contributed by atoms with Crippen LogP contribution in [-0.2, 0) is 4.79 Å². The molecular formula is C17H14F2N2O2S2. The van der Waals surface area contributed by atoms with Gasteiger partial charge in [-0.25, -0.2) is 0 Å². The number of rotatable bonds is 4. The minimum absolute atomic E-state index is 0.0732. The summed E-state index contributed by atoms with van der Waals surface area (Å²) in [6, 6.07) is 11.3. The number of alkyl halides is 2. The molecule has 0 bridgehead atoms. The molecule has 0 spiro atoms. The van der Waals surface area contributed by atoms with Crippen molar-refractivity contribution in [2.75, 3.05) is 16.4 Å². The van der Waals surface area contributed by atoms with Gasteiger partial charge in [-0.2, -0.15) is 8.78 Å². The molecule has 130 valence electrons. The van der Waals surface area contributed by atoms with Crippen LogP contribution in [0.25, 0.3) is 0 Å². The Kier molecular flexibility index (Phi) is 5.60. The summed E-state index contributed by atoms with van der Waals surface area (Å²) in [6.07, 6.45) is 0.434. The van der Waals surface area contributed by atoms with Crippen LogP contribution < -0.4 is 10.6 Å². The van der Waals surface area contributed by atoms with Gasteiger partial charge >= 0.3 is 0 Å². The van der Waals surface area contributed by atoms with Crippen molar-refractivity contribution >= 4 is 46.7 Å². The smallest absolute Gasteiger partial charge is 0.288 e. The van der Waals surface area contributed by atoms with Gasteiger partial charge in [0.1, 0.15) is 0 Å². The number of nitrogens with one attached hydrogen (secondary N) is 2. The highest BCUT2D eigenvalue weighted by Gasteiger charge is 2.16. The van der Waals surface area contributed by atoms with E-state index in [1.165, 1.54) is 12.1 Å². The zero-order chi connectivity index (χ0) is 17.8. The van der Waals surface area contributed by atoms with E-state index in [1.54, 1.807) is 36.0 Å². The number of benzene rings is 2. The fourth-order valence-corrected chi connectivity index (χ4v) is 3.72. The van der Waals surface area contributed by atoms with Crippen molar-refractivity contribution in [1.29, 1.82) is 0 Å². The van der Waals surface area contributed by atoms with E-state index in [0.717, 1.165) is 4.90 Å². The minimum atomic E-state index is -2.48. The first-order chi connectivity index (χ1) is 12.0. The number of halogens is 2. The second-order valence-electron chi connectivity index (χ2n) is 5.21. The van der Waals surface area contributed by atoms with Gasteiger partial charge < -0.3 is 10.6 Å². The molecule has 0 atom stereocenters. The lowest BCUT2D eigenvalue weighted by molar-refractivity contribution is -0.115. The molecule has 1 aliphatic heterocycles. The van der Waals surface area contributed by atoms with Gasteiger partial charge in [0.15, 0.2) is 0 Å². The molecule has 1 aliphatic rings. The molecule has 8 heteroatoms. The van der Waals surface area contributed by atoms with E-state index in [-0.39, 0.29) is 11.8 Å². The maximum Gasteiger partial charge on any atom is 0.288 e. The largest absolute Gasteiger partial charge is 0.325 e. The van der Waals surface area contributed by atoms with Gasteiger partial charge in [-0.05, 0) is 42.5 Å². The lowest BCUT2D eigenvalue weighted by Gasteiger charge is -2.10. The molecule has 1 heterocycles. The first-order valence-corrected chi connectivity index (χ1v) is 9.31. The third kappa shape index (κ3) is 4.73. The third-order valence-electron chi connectivity index (χ3n) is 3.44. The van der Waals surface area contributed by atoms with Crippen LogP contribution in [0.15, 0.2) is 52.3 Å². The molecule has 0 saturated carbocycles. The summed E-state index contributed by atoms with van der Waals surface area (Å²) in [5, 5.41) is 5.51. The van der Waals surface area contributed by atoms with Crippen LogP contribution in [0.2, 0.25) is 0 Å². The van der Waals surface area contributed by atoms with E-state index in [0.29, 0.717) is 45.8 Å². The summed E-state index contributed by atoms with van der Waals surface area (Å²) in [6.45, 7) is 0. The summed E-state index contributed by atoms with van der Waals surface area (Å²) < 4.78 is 24.6. The molecule has 2 aromatic rings. The maximum atomic E-state index is 12.4. The number of carbonyl (C=O) groups is 2. The van der Waals surface area contributed by atoms with Gasteiger partial charge in [-0.15, -0.1) is 11.8 Å². The number of anilines is 2. The van der Waals surface area contributed by atoms with Crippen LogP contribution in [0.1, 0.15) is 16.8 Å². The van der Waals surface area contributed by atoms with Crippen molar-refractivity contribution in [3.8, 4) is 0 Å². The van der Waals surface area contributed by atoms with Crippen LogP contribution in [-0.4, -0.2) is 23.3 Å². The molecule has 2 N–H and O–H groups in total. The van der Waals surface area contributed by atoms with E-state index in [1.807, 2.05) is 6.07 Å².